The summed E-state index contributed by atoms with van der Waals surface area (Å²) in [6.07, 6.45) is -1.30. The van der Waals surface area contributed by atoms with Gasteiger partial charge in [-0.2, -0.15) is 13.2 Å². The van der Waals surface area contributed by atoms with Gasteiger partial charge in [-0.25, -0.2) is 4.98 Å². The first-order valence-corrected chi connectivity index (χ1v) is 6.09. The molecule has 3 rings (SSSR count). The third kappa shape index (κ3) is 2.79. The second-order valence-corrected chi connectivity index (χ2v) is 4.31. The summed E-state index contributed by atoms with van der Waals surface area (Å²) < 4.78 is 44.0. The van der Waals surface area contributed by atoms with Crippen LogP contribution in [-0.2, 0) is 6.18 Å². The molecule has 0 aliphatic heterocycles. The second-order valence-electron chi connectivity index (χ2n) is 4.31. The van der Waals surface area contributed by atoms with Gasteiger partial charge in [-0.05, 0) is 24.3 Å². The van der Waals surface area contributed by atoms with E-state index in [1.807, 2.05) is 0 Å². The van der Waals surface area contributed by atoms with Crippen molar-refractivity contribution in [3.05, 3.63) is 60.4 Å². The van der Waals surface area contributed by atoms with Crippen LogP contribution in [0.1, 0.15) is 5.56 Å². The normalized spacial score (nSPS) is 11.6. The van der Waals surface area contributed by atoms with Gasteiger partial charge in [0.1, 0.15) is 5.75 Å². The van der Waals surface area contributed by atoms with Crippen molar-refractivity contribution in [2.75, 3.05) is 0 Å². The fourth-order valence-corrected chi connectivity index (χ4v) is 1.91. The third-order valence-corrected chi connectivity index (χ3v) is 2.87. The fourth-order valence-electron chi connectivity index (χ4n) is 1.91. The lowest BCUT2D eigenvalue weighted by molar-refractivity contribution is -0.138. The number of para-hydroxylation sites is 1. The Kier molecular flexibility index (Phi) is 3.21. The second kappa shape index (κ2) is 5.05. The molecule has 0 amide bonds. The maximum absolute atomic E-state index is 12.9. The molecule has 0 saturated carbocycles. The number of benzene rings is 1. The van der Waals surface area contributed by atoms with Gasteiger partial charge in [-0.1, -0.05) is 12.1 Å². The number of nitrogens with zero attached hydrogens (tertiary/aromatic N) is 2. The van der Waals surface area contributed by atoms with Crippen LogP contribution in [0.4, 0.5) is 13.2 Å². The van der Waals surface area contributed by atoms with Gasteiger partial charge in [0.25, 0.3) is 0 Å². The number of rotatable bonds is 2. The van der Waals surface area contributed by atoms with Gasteiger partial charge in [-0.15, -0.1) is 0 Å². The van der Waals surface area contributed by atoms with Gasteiger partial charge in [0.05, 0.1) is 11.1 Å². The monoisotopic (exact) mass is 290 g/mol. The van der Waals surface area contributed by atoms with Crippen LogP contribution in [-0.4, -0.2) is 9.97 Å². The molecule has 106 valence electrons. The average molecular weight is 290 g/mol. The van der Waals surface area contributed by atoms with Gasteiger partial charge < -0.3 is 4.74 Å². The van der Waals surface area contributed by atoms with Gasteiger partial charge in [-0.3, -0.25) is 4.98 Å². The highest BCUT2D eigenvalue weighted by molar-refractivity contribution is 5.77. The molecular weight excluding hydrogens is 281 g/mol. The van der Waals surface area contributed by atoms with Crippen molar-refractivity contribution < 1.29 is 17.9 Å². The molecule has 2 aromatic heterocycles. The van der Waals surface area contributed by atoms with Crippen LogP contribution in [0.5, 0.6) is 11.6 Å². The lowest BCUT2D eigenvalue weighted by atomic mass is 10.2. The molecule has 0 bridgehead atoms. The summed E-state index contributed by atoms with van der Waals surface area (Å²) in [5.41, 5.74) is -0.228. The van der Waals surface area contributed by atoms with Gasteiger partial charge in [0.15, 0.2) is 0 Å². The molecule has 0 fully saturated rings. The predicted octanol–water partition coefficient (Wildman–Crippen LogP) is 4.44. The molecule has 1 aromatic carbocycles. The van der Waals surface area contributed by atoms with E-state index in [9.17, 15) is 13.2 Å². The Bertz CT molecular complexity index is 787. The molecule has 0 N–H and O–H groups in total. The summed E-state index contributed by atoms with van der Waals surface area (Å²) in [5.74, 6) is -0.170. The molecule has 0 spiro atoms. The number of aromatic nitrogens is 2. The molecule has 3 aromatic rings. The van der Waals surface area contributed by atoms with Gasteiger partial charge in [0.2, 0.25) is 5.88 Å². The summed E-state index contributed by atoms with van der Waals surface area (Å²) in [5, 5.41) is 0.786. The Morgan fingerprint density at radius 2 is 1.76 bits per heavy atom. The van der Waals surface area contributed by atoms with E-state index < -0.39 is 11.7 Å². The van der Waals surface area contributed by atoms with E-state index in [-0.39, 0.29) is 11.6 Å². The summed E-state index contributed by atoms with van der Waals surface area (Å²) in [6.45, 7) is 0. The van der Waals surface area contributed by atoms with E-state index in [0.29, 0.717) is 5.52 Å². The Morgan fingerprint density at radius 1 is 0.952 bits per heavy atom. The first-order chi connectivity index (χ1) is 10.0. The first kappa shape index (κ1) is 13.4. The van der Waals surface area contributed by atoms with Crippen molar-refractivity contribution in [3.8, 4) is 11.6 Å². The third-order valence-electron chi connectivity index (χ3n) is 2.87. The molecule has 0 radical (unpaired) electrons. The highest BCUT2D eigenvalue weighted by Crippen LogP contribution is 2.37. The zero-order valence-electron chi connectivity index (χ0n) is 10.6. The number of halogens is 3. The van der Waals surface area contributed by atoms with Crippen LogP contribution in [0.2, 0.25) is 0 Å². The molecule has 2 heterocycles. The van der Waals surface area contributed by atoms with Crippen molar-refractivity contribution in [3.63, 3.8) is 0 Å². The van der Waals surface area contributed by atoms with Crippen molar-refractivity contribution in [1.82, 2.24) is 9.97 Å². The largest absolute Gasteiger partial charge is 0.438 e. The number of hydrogen-bond acceptors (Lipinski definition) is 3. The zero-order chi connectivity index (χ0) is 14.9. The molecule has 0 aliphatic carbocycles. The molecule has 21 heavy (non-hydrogen) atoms. The van der Waals surface area contributed by atoms with Crippen LogP contribution >= 0.6 is 0 Å². The van der Waals surface area contributed by atoms with Crippen molar-refractivity contribution in [2.45, 2.75) is 6.18 Å². The smallest absolute Gasteiger partial charge is 0.419 e. The topological polar surface area (TPSA) is 35.0 Å². The van der Waals surface area contributed by atoms with Crippen LogP contribution < -0.4 is 4.74 Å². The molecule has 0 unspecified atom stereocenters. The van der Waals surface area contributed by atoms with Gasteiger partial charge >= 0.3 is 6.18 Å². The number of ether oxygens (including phenoxy) is 1. The molecular formula is C15H9F3N2O. The lowest BCUT2D eigenvalue weighted by Gasteiger charge is -2.13. The first-order valence-electron chi connectivity index (χ1n) is 6.09. The van der Waals surface area contributed by atoms with Gasteiger partial charge in [0, 0.05) is 23.8 Å². The SMILES string of the molecule is FC(F)(F)c1ccccc1Oc1ccc2cnccc2n1. The summed E-state index contributed by atoms with van der Waals surface area (Å²) in [6, 6.07) is 9.90. The minimum absolute atomic E-state index is 0.102. The van der Waals surface area contributed by atoms with Crippen molar-refractivity contribution >= 4 is 10.9 Å². The maximum Gasteiger partial charge on any atom is 0.419 e. The van der Waals surface area contributed by atoms with E-state index in [1.165, 1.54) is 24.3 Å². The van der Waals surface area contributed by atoms with E-state index >= 15 is 0 Å². The van der Waals surface area contributed by atoms with Crippen LogP contribution in [0.15, 0.2) is 54.9 Å². The molecule has 0 atom stereocenters. The maximum atomic E-state index is 12.9. The van der Waals surface area contributed by atoms with Crippen LogP contribution in [0.3, 0.4) is 0 Å². The predicted molar refractivity (Wildman–Crippen MR) is 71.1 cm³/mol. The Hall–Kier alpha value is -2.63. The van der Waals surface area contributed by atoms with Crippen molar-refractivity contribution in [2.24, 2.45) is 0 Å². The van der Waals surface area contributed by atoms with E-state index in [1.54, 1.807) is 24.5 Å². The Morgan fingerprint density at radius 3 is 2.57 bits per heavy atom. The quantitative estimate of drug-likeness (QED) is 0.699. The number of fused-ring (bicyclic) bond motifs is 1. The number of pyridine rings is 2. The highest BCUT2D eigenvalue weighted by Gasteiger charge is 2.34. The number of hydrogen-bond donors (Lipinski definition) is 0. The lowest BCUT2D eigenvalue weighted by Crippen LogP contribution is -2.07. The van der Waals surface area contributed by atoms with E-state index in [2.05, 4.69) is 9.97 Å². The fraction of sp³-hybridized carbons (Fsp3) is 0.0667. The van der Waals surface area contributed by atoms with Crippen molar-refractivity contribution in [1.29, 1.82) is 0 Å². The minimum atomic E-state index is -4.47. The number of alkyl halides is 3. The minimum Gasteiger partial charge on any atom is -0.438 e. The molecule has 0 saturated heterocycles. The summed E-state index contributed by atoms with van der Waals surface area (Å²) in [7, 11) is 0. The molecule has 3 nitrogen and oxygen atoms in total. The van der Waals surface area contributed by atoms with Crippen LogP contribution in [0, 0.1) is 0 Å². The van der Waals surface area contributed by atoms with E-state index in [4.69, 9.17) is 4.74 Å². The summed E-state index contributed by atoms with van der Waals surface area (Å²) >= 11 is 0. The zero-order valence-corrected chi connectivity index (χ0v) is 10.6. The molecule has 0 aliphatic rings. The molecule has 6 heteroatoms. The highest BCUT2D eigenvalue weighted by atomic mass is 19.4. The average Bonchev–Trinajstić information content (AvgIpc) is 2.46. The summed E-state index contributed by atoms with van der Waals surface area (Å²) in [4.78, 5) is 8.11. The Balaban J connectivity index is 1.99. The van der Waals surface area contributed by atoms with E-state index in [0.717, 1.165) is 11.5 Å². The Labute approximate surface area is 118 Å². The van der Waals surface area contributed by atoms with Crippen LogP contribution in [0.25, 0.3) is 10.9 Å². The standard InChI is InChI=1S/C15H9F3N2O/c16-15(17,18)11-3-1-2-4-13(11)21-14-6-5-10-9-19-8-7-12(10)20-14/h1-9H.